The predicted octanol–water partition coefficient (Wildman–Crippen LogP) is 3.47. The van der Waals surface area contributed by atoms with Crippen molar-refractivity contribution in [3.05, 3.63) is 23.8 Å². The highest BCUT2D eigenvalue weighted by molar-refractivity contribution is 8.00. The molecule has 0 aliphatic rings. The normalized spacial score (nSPS) is 11.5. The number of carbonyl (C=O) groups is 1. The Morgan fingerprint density at radius 2 is 2.06 bits per heavy atom. The van der Waals surface area contributed by atoms with Gasteiger partial charge in [-0.2, -0.15) is 13.2 Å². The van der Waals surface area contributed by atoms with Gasteiger partial charge in [0.15, 0.2) is 5.78 Å². The first-order chi connectivity index (χ1) is 7.35. The van der Waals surface area contributed by atoms with E-state index in [1.165, 1.54) is 18.2 Å². The molecular weight excluding hydrogens is 239 g/mol. The minimum Gasteiger partial charge on any atom is -0.398 e. The van der Waals surface area contributed by atoms with Crippen molar-refractivity contribution in [3.63, 3.8) is 0 Å². The van der Waals surface area contributed by atoms with E-state index in [4.69, 9.17) is 5.73 Å². The van der Waals surface area contributed by atoms with Crippen molar-refractivity contribution < 1.29 is 18.0 Å². The zero-order valence-electron chi connectivity index (χ0n) is 8.47. The summed E-state index contributed by atoms with van der Waals surface area (Å²) < 4.78 is 36.8. The van der Waals surface area contributed by atoms with E-state index in [0.29, 0.717) is 0 Å². The van der Waals surface area contributed by atoms with Gasteiger partial charge in [-0.15, -0.1) is 0 Å². The van der Waals surface area contributed by atoms with Gasteiger partial charge in [0.1, 0.15) is 0 Å². The van der Waals surface area contributed by atoms with E-state index in [1.54, 1.807) is 6.92 Å². The molecule has 0 saturated heterocycles. The summed E-state index contributed by atoms with van der Waals surface area (Å²) >= 11 is -0.348. The van der Waals surface area contributed by atoms with Crippen molar-refractivity contribution in [2.45, 2.75) is 23.7 Å². The van der Waals surface area contributed by atoms with Gasteiger partial charge in [0.2, 0.25) is 0 Å². The third kappa shape index (κ3) is 3.16. The van der Waals surface area contributed by atoms with Crippen LogP contribution in [0.25, 0.3) is 0 Å². The number of halogens is 3. The number of alkyl halides is 3. The number of carbonyl (C=O) groups excluding carboxylic acids is 1. The summed E-state index contributed by atoms with van der Waals surface area (Å²) in [6.07, 6.45) is 0.148. The average molecular weight is 249 g/mol. The molecule has 0 aliphatic carbocycles. The maximum absolute atomic E-state index is 12.3. The minimum absolute atomic E-state index is 0.0263. The number of Topliss-reactive ketones (excluding diaryl/α,β-unsaturated/α-hetero) is 1. The molecule has 1 aromatic rings. The molecule has 0 aliphatic heterocycles. The van der Waals surface area contributed by atoms with Gasteiger partial charge in [-0.1, -0.05) is 19.1 Å². The monoisotopic (exact) mass is 249 g/mol. The van der Waals surface area contributed by atoms with E-state index in [1.807, 2.05) is 0 Å². The standard InChI is InChI=1S/C10H10F3NOS/c1-2-8(15)6-4-3-5-7(14)9(6)16-10(11,12)13/h3-5H,2,14H2,1H3. The Morgan fingerprint density at radius 1 is 1.44 bits per heavy atom. The third-order valence-electron chi connectivity index (χ3n) is 1.88. The highest BCUT2D eigenvalue weighted by Crippen LogP contribution is 2.41. The second kappa shape index (κ2) is 4.78. The lowest BCUT2D eigenvalue weighted by atomic mass is 10.1. The van der Waals surface area contributed by atoms with E-state index < -0.39 is 5.51 Å². The predicted molar refractivity (Wildman–Crippen MR) is 57.4 cm³/mol. The molecule has 0 aromatic heterocycles. The maximum atomic E-state index is 12.3. The zero-order valence-corrected chi connectivity index (χ0v) is 9.28. The fourth-order valence-electron chi connectivity index (χ4n) is 1.19. The lowest BCUT2D eigenvalue weighted by Crippen LogP contribution is -2.07. The highest BCUT2D eigenvalue weighted by Gasteiger charge is 2.32. The Balaban J connectivity index is 3.19. The second-order valence-corrected chi connectivity index (χ2v) is 4.12. The zero-order chi connectivity index (χ0) is 12.3. The van der Waals surface area contributed by atoms with Crippen LogP contribution in [0.5, 0.6) is 0 Å². The largest absolute Gasteiger partial charge is 0.446 e. The Morgan fingerprint density at radius 3 is 2.56 bits per heavy atom. The number of ketones is 1. The summed E-state index contributed by atoms with van der Waals surface area (Å²) in [5.41, 5.74) is 1.01. The number of thioether (sulfide) groups is 1. The van der Waals surface area contributed by atoms with Gasteiger partial charge in [-0.25, -0.2) is 0 Å². The maximum Gasteiger partial charge on any atom is 0.446 e. The van der Waals surface area contributed by atoms with Crippen LogP contribution in [-0.2, 0) is 0 Å². The van der Waals surface area contributed by atoms with Crippen LogP contribution < -0.4 is 5.73 Å². The molecule has 16 heavy (non-hydrogen) atoms. The van der Waals surface area contributed by atoms with Crippen LogP contribution in [-0.4, -0.2) is 11.3 Å². The van der Waals surface area contributed by atoms with Crippen molar-refractivity contribution in [1.29, 1.82) is 0 Å². The van der Waals surface area contributed by atoms with Crippen LogP contribution in [0.1, 0.15) is 23.7 Å². The highest BCUT2D eigenvalue weighted by atomic mass is 32.2. The summed E-state index contributed by atoms with van der Waals surface area (Å²) in [6.45, 7) is 1.59. The Bertz CT molecular complexity index is 404. The molecule has 2 N–H and O–H groups in total. The first-order valence-corrected chi connectivity index (χ1v) is 5.34. The molecule has 0 saturated carbocycles. The number of benzene rings is 1. The Kier molecular flexibility index (Phi) is 3.85. The third-order valence-corrected chi connectivity index (χ3v) is 2.78. The molecule has 1 rings (SSSR count). The van der Waals surface area contributed by atoms with Gasteiger partial charge in [-0.3, -0.25) is 4.79 Å². The number of anilines is 1. The first kappa shape index (κ1) is 12.9. The van der Waals surface area contributed by atoms with Crippen molar-refractivity contribution >= 4 is 23.2 Å². The van der Waals surface area contributed by atoms with Crippen LogP contribution in [0.3, 0.4) is 0 Å². The molecule has 0 heterocycles. The SMILES string of the molecule is CCC(=O)c1cccc(N)c1SC(F)(F)F. The van der Waals surface area contributed by atoms with Crippen molar-refractivity contribution in [3.8, 4) is 0 Å². The Labute approximate surface area is 95.0 Å². The lowest BCUT2D eigenvalue weighted by Gasteiger charge is -2.12. The van der Waals surface area contributed by atoms with E-state index in [-0.39, 0.29) is 40.1 Å². The molecule has 6 heteroatoms. The molecular formula is C10H10F3NOS. The van der Waals surface area contributed by atoms with Gasteiger partial charge in [0.05, 0.1) is 0 Å². The smallest absolute Gasteiger partial charge is 0.398 e. The van der Waals surface area contributed by atoms with Crippen LogP contribution in [0.15, 0.2) is 23.1 Å². The molecule has 0 fully saturated rings. The van der Waals surface area contributed by atoms with Gasteiger partial charge in [0, 0.05) is 22.6 Å². The quantitative estimate of drug-likeness (QED) is 0.506. The van der Waals surface area contributed by atoms with Gasteiger partial charge in [0.25, 0.3) is 0 Å². The molecule has 0 spiro atoms. The van der Waals surface area contributed by atoms with Gasteiger partial charge >= 0.3 is 5.51 Å². The van der Waals surface area contributed by atoms with E-state index in [2.05, 4.69) is 0 Å². The molecule has 1 aromatic carbocycles. The number of hydrogen-bond acceptors (Lipinski definition) is 3. The molecule has 0 radical (unpaired) electrons. The second-order valence-electron chi connectivity index (χ2n) is 3.05. The number of nitrogens with two attached hydrogens (primary N) is 1. The van der Waals surface area contributed by atoms with Crippen LogP contribution >= 0.6 is 11.8 Å². The molecule has 0 bridgehead atoms. The van der Waals surface area contributed by atoms with Crippen molar-refractivity contribution in [1.82, 2.24) is 0 Å². The van der Waals surface area contributed by atoms with Crippen LogP contribution in [0.2, 0.25) is 0 Å². The summed E-state index contributed by atoms with van der Waals surface area (Å²) in [6, 6.07) is 4.18. The van der Waals surface area contributed by atoms with Gasteiger partial charge < -0.3 is 5.73 Å². The van der Waals surface area contributed by atoms with E-state index >= 15 is 0 Å². The fourth-order valence-corrected chi connectivity index (χ4v) is 1.90. The van der Waals surface area contributed by atoms with Crippen LogP contribution in [0, 0.1) is 0 Å². The number of rotatable bonds is 3. The van der Waals surface area contributed by atoms with E-state index in [9.17, 15) is 18.0 Å². The number of nitrogen functional groups attached to an aromatic ring is 1. The summed E-state index contributed by atoms with van der Waals surface area (Å²) in [5.74, 6) is -0.348. The topological polar surface area (TPSA) is 43.1 Å². The molecule has 2 nitrogen and oxygen atoms in total. The van der Waals surface area contributed by atoms with Crippen molar-refractivity contribution in [2.24, 2.45) is 0 Å². The summed E-state index contributed by atoms with van der Waals surface area (Å²) in [7, 11) is 0. The molecule has 0 unspecified atom stereocenters. The van der Waals surface area contributed by atoms with E-state index in [0.717, 1.165) is 0 Å². The molecule has 0 atom stereocenters. The minimum atomic E-state index is -4.45. The number of hydrogen-bond donors (Lipinski definition) is 1. The Hall–Kier alpha value is -1.17. The fraction of sp³-hybridized carbons (Fsp3) is 0.300. The lowest BCUT2D eigenvalue weighted by molar-refractivity contribution is -0.0328. The first-order valence-electron chi connectivity index (χ1n) is 4.52. The summed E-state index contributed by atoms with van der Waals surface area (Å²) in [5, 5.41) is 0. The average Bonchev–Trinajstić information content (AvgIpc) is 2.18. The summed E-state index contributed by atoms with van der Waals surface area (Å²) in [4.78, 5) is 11.2. The van der Waals surface area contributed by atoms with Crippen LogP contribution in [0.4, 0.5) is 18.9 Å². The molecule has 0 amide bonds. The van der Waals surface area contributed by atoms with Crippen molar-refractivity contribution in [2.75, 3.05) is 5.73 Å². The van der Waals surface area contributed by atoms with Gasteiger partial charge in [-0.05, 0) is 17.8 Å². The molecule has 88 valence electrons.